The van der Waals surface area contributed by atoms with Gasteiger partial charge in [-0.25, -0.2) is 9.89 Å². The van der Waals surface area contributed by atoms with Crippen molar-refractivity contribution in [2.45, 2.75) is 31.6 Å². The van der Waals surface area contributed by atoms with E-state index in [0.717, 1.165) is 0 Å². The highest BCUT2D eigenvalue weighted by molar-refractivity contribution is 4.90. The van der Waals surface area contributed by atoms with Crippen molar-refractivity contribution in [3.05, 3.63) is 16.8 Å². The Kier molecular flexibility index (Phi) is 2.16. The van der Waals surface area contributed by atoms with Crippen molar-refractivity contribution in [1.82, 2.24) is 14.8 Å². The molecule has 1 aromatic heterocycles. The van der Waals surface area contributed by atoms with Crippen molar-refractivity contribution < 1.29 is 9.84 Å². The van der Waals surface area contributed by atoms with Gasteiger partial charge in [-0.3, -0.25) is 4.57 Å². The molecule has 2 atom stereocenters. The zero-order valence-electron chi connectivity index (χ0n) is 7.93. The van der Waals surface area contributed by atoms with Gasteiger partial charge >= 0.3 is 5.69 Å². The third kappa shape index (κ3) is 1.46. The van der Waals surface area contributed by atoms with Crippen LogP contribution in [0.4, 0.5) is 0 Å². The van der Waals surface area contributed by atoms with E-state index in [9.17, 15) is 9.90 Å². The molecule has 0 amide bonds. The van der Waals surface area contributed by atoms with Crippen molar-refractivity contribution in [2.24, 2.45) is 0 Å². The van der Waals surface area contributed by atoms with Crippen LogP contribution in [0.1, 0.15) is 13.3 Å². The molecular formula is C8H13N3O3. The van der Waals surface area contributed by atoms with Gasteiger partial charge in [0.2, 0.25) is 0 Å². The molecular weight excluding hydrogens is 186 g/mol. The molecule has 0 spiro atoms. The highest BCUT2D eigenvalue weighted by atomic mass is 16.5. The minimum absolute atomic E-state index is 0.226. The summed E-state index contributed by atoms with van der Waals surface area (Å²) in [6.07, 6.45) is 1.68. The van der Waals surface area contributed by atoms with E-state index < -0.39 is 5.60 Å². The summed E-state index contributed by atoms with van der Waals surface area (Å²) in [6, 6.07) is 0. The fourth-order valence-corrected chi connectivity index (χ4v) is 1.66. The third-order valence-electron chi connectivity index (χ3n) is 2.72. The molecule has 0 aliphatic carbocycles. The lowest BCUT2D eigenvalue weighted by atomic mass is 9.97. The van der Waals surface area contributed by atoms with Crippen molar-refractivity contribution in [3.8, 4) is 0 Å². The lowest BCUT2D eigenvalue weighted by Gasteiger charge is -2.25. The van der Waals surface area contributed by atoms with Crippen LogP contribution in [0.5, 0.6) is 0 Å². The molecule has 6 nitrogen and oxygen atoms in total. The van der Waals surface area contributed by atoms with E-state index in [-0.39, 0.29) is 18.3 Å². The van der Waals surface area contributed by atoms with E-state index in [0.29, 0.717) is 13.0 Å². The summed E-state index contributed by atoms with van der Waals surface area (Å²) in [6.45, 7) is 2.56. The molecule has 2 heterocycles. The fraction of sp³-hybridized carbons (Fsp3) is 0.750. The second kappa shape index (κ2) is 3.21. The molecule has 1 aromatic rings. The van der Waals surface area contributed by atoms with Gasteiger partial charge in [-0.1, -0.05) is 0 Å². The number of nitrogens with zero attached hydrogens (tertiary/aromatic N) is 2. The number of aromatic nitrogens is 3. The first-order valence-corrected chi connectivity index (χ1v) is 4.56. The Bertz CT molecular complexity index is 372. The van der Waals surface area contributed by atoms with Gasteiger partial charge in [-0.2, -0.15) is 5.10 Å². The van der Waals surface area contributed by atoms with Crippen LogP contribution in [0.25, 0.3) is 0 Å². The van der Waals surface area contributed by atoms with Crippen molar-refractivity contribution >= 4 is 0 Å². The van der Waals surface area contributed by atoms with Crippen LogP contribution < -0.4 is 5.69 Å². The molecule has 0 bridgehead atoms. The largest absolute Gasteiger partial charge is 0.385 e. The Balaban J connectivity index is 2.18. The van der Waals surface area contributed by atoms with Crippen molar-refractivity contribution in [1.29, 1.82) is 0 Å². The number of ether oxygens (including phenoxy) is 1. The van der Waals surface area contributed by atoms with Gasteiger partial charge in [0.15, 0.2) is 0 Å². The van der Waals surface area contributed by atoms with Crippen LogP contribution in [0.15, 0.2) is 11.1 Å². The van der Waals surface area contributed by atoms with Gasteiger partial charge in [0, 0.05) is 13.0 Å². The summed E-state index contributed by atoms with van der Waals surface area (Å²) in [5.74, 6) is 0. The zero-order chi connectivity index (χ0) is 10.2. The highest BCUT2D eigenvalue weighted by Gasteiger charge is 2.40. The van der Waals surface area contributed by atoms with E-state index in [1.807, 2.05) is 0 Å². The summed E-state index contributed by atoms with van der Waals surface area (Å²) >= 11 is 0. The number of nitrogens with one attached hydrogen (secondary N) is 1. The average molecular weight is 199 g/mol. The summed E-state index contributed by atoms with van der Waals surface area (Å²) in [5.41, 5.74) is -1.26. The SMILES string of the molecule is CC1OCCC1(O)Cn1cn[nH]c1=O. The van der Waals surface area contributed by atoms with Gasteiger partial charge in [0.25, 0.3) is 0 Å². The Morgan fingerprint density at radius 1 is 1.93 bits per heavy atom. The quantitative estimate of drug-likeness (QED) is 0.647. The van der Waals surface area contributed by atoms with E-state index in [1.54, 1.807) is 6.92 Å². The number of H-pyrrole nitrogens is 1. The molecule has 1 aliphatic rings. The molecule has 1 saturated heterocycles. The monoisotopic (exact) mass is 199 g/mol. The third-order valence-corrected chi connectivity index (χ3v) is 2.72. The predicted octanol–water partition coefficient (Wildman–Crippen LogP) is -0.889. The number of aromatic amines is 1. The lowest BCUT2D eigenvalue weighted by Crippen LogP contribution is -2.42. The first kappa shape index (κ1) is 9.42. The first-order valence-electron chi connectivity index (χ1n) is 4.56. The van der Waals surface area contributed by atoms with Crippen LogP contribution in [0, 0.1) is 0 Å². The van der Waals surface area contributed by atoms with Crippen LogP contribution in [-0.4, -0.2) is 38.2 Å². The standard InChI is InChI=1S/C8H13N3O3/c1-6-8(13,2-3-14-6)4-11-5-9-10-7(11)12/h5-6,13H,2-4H2,1H3,(H,10,12). The molecule has 2 unspecified atom stereocenters. The van der Waals surface area contributed by atoms with E-state index >= 15 is 0 Å². The Labute approximate surface area is 80.5 Å². The van der Waals surface area contributed by atoms with Crippen LogP contribution in [0.2, 0.25) is 0 Å². The van der Waals surface area contributed by atoms with Gasteiger partial charge in [-0.15, -0.1) is 0 Å². The fourth-order valence-electron chi connectivity index (χ4n) is 1.66. The molecule has 1 fully saturated rings. The van der Waals surface area contributed by atoms with Crippen LogP contribution in [-0.2, 0) is 11.3 Å². The van der Waals surface area contributed by atoms with Crippen LogP contribution >= 0.6 is 0 Å². The van der Waals surface area contributed by atoms with Crippen molar-refractivity contribution in [3.63, 3.8) is 0 Å². The average Bonchev–Trinajstić information content (AvgIpc) is 2.64. The molecule has 0 radical (unpaired) electrons. The minimum Gasteiger partial charge on any atom is -0.385 e. The van der Waals surface area contributed by atoms with Gasteiger partial charge in [0.05, 0.1) is 12.6 Å². The summed E-state index contributed by atoms with van der Waals surface area (Å²) in [4.78, 5) is 11.1. The van der Waals surface area contributed by atoms with E-state index in [1.165, 1.54) is 10.9 Å². The number of hydrogen-bond acceptors (Lipinski definition) is 4. The molecule has 0 saturated carbocycles. The predicted molar refractivity (Wildman–Crippen MR) is 47.8 cm³/mol. The zero-order valence-corrected chi connectivity index (χ0v) is 7.93. The maximum atomic E-state index is 11.1. The molecule has 14 heavy (non-hydrogen) atoms. The maximum absolute atomic E-state index is 11.1. The number of rotatable bonds is 2. The normalized spacial score (nSPS) is 32.3. The van der Waals surface area contributed by atoms with Crippen molar-refractivity contribution in [2.75, 3.05) is 6.61 Å². The van der Waals surface area contributed by atoms with E-state index in [2.05, 4.69) is 10.2 Å². The summed E-state index contributed by atoms with van der Waals surface area (Å²) in [5, 5.41) is 16.0. The summed E-state index contributed by atoms with van der Waals surface area (Å²) < 4.78 is 6.61. The number of hydrogen-bond donors (Lipinski definition) is 2. The second-order valence-corrected chi connectivity index (χ2v) is 3.66. The molecule has 2 rings (SSSR count). The highest BCUT2D eigenvalue weighted by Crippen LogP contribution is 2.26. The van der Waals surface area contributed by atoms with Crippen LogP contribution in [0.3, 0.4) is 0 Å². The Hall–Kier alpha value is -1.14. The minimum atomic E-state index is -0.951. The number of aliphatic hydroxyl groups is 1. The Morgan fingerprint density at radius 2 is 2.71 bits per heavy atom. The first-order chi connectivity index (χ1) is 6.62. The topological polar surface area (TPSA) is 80.1 Å². The lowest BCUT2D eigenvalue weighted by molar-refractivity contribution is -0.0394. The maximum Gasteiger partial charge on any atom is 0.343 e. The molecule has 1 aliphatic heterocycles. The molecule has 6 heteroatoms. The van der Waals surface area contributed by atoms with Gasteiger partial charge in [0.1, 0.15) is 11.9 Å². The smallest absolute Gasteiger partial charge is 0.343 e. The molecule has 2 N–H and O–H groups in total. The molecule has 0 aromatic carbocycles. The summed E-state index contributed by atoms with van der Waals surface area (Å²) in [7, 11) is 0. The van der Waals surface area contributed by atoms with E-state index in [4.69, 9.17) is 4.74 Å². The second-order valence-electron chi connectivity index (χ2n) is 3.66. The van der Waals surface area contributed by atoms with Gasteiger partial charge in [-0.05, 0) is 6.92 Å². The van der Waals surface area contributed by atoms with Gasteiger partial charge < -0.3 is 9.84 Å². The Morgan fingerprint density at radius 3 is 3.21 bits per heavy atom. The molecule has 78 valence electrons.